The quantitative estimate of drug-likeness (QED) is 0.454. The van der Waals surface area contributed by atoms with Crippen LogP contribution in [0.15, 0.2) is 6.07 Å². The molecule has 1 heterocycles. The number of ether oxygens (including phenoxy) is 1. The van der Waals surface area contributed by atoms with Gasteiger partial charge in [0.05, 0.1) is 0 Å². The van der Waals surface area contributed by atoms with Crippen LogP contribution in [0.2, 0.25) is 0 Å². The summed E-state index contributed by atoms with van der Waals surface area (Å²) in [6.45, 7) is 0. The Morgan fingerprint density at radius 3 is 2.42 bits per heavy atom. The van der Waals surface area contributed by atoms with E-state index < -0.39 is 35.2 Å². The molecule has 106 valence electrons. The fraction of sp³-hybridized carbons (Fsp3) is 0.333. The maximum absolute atomic E-state index is 12.5. The predicted octanol–water partition coefficient (Wildman–Crippen LogP) is 4.19. The second-order valence-electron chi connectivity index (χ2n) is 3.14. The third-order valence-corrected chi connectivity index (χ3v) is 2.62. The molecular formula is C9H4BrClF5NO2. The summed E-state index contributed by atoms with van der Waals surface area (Å²) in [5.74, 6) is -0.992. The summed E-state index contributed by atoms with van der Waals surface area (Å²) in [5.41, 5.74) is -2.19. The number of rotatable bonds is 4. The number of hydrogen-bond donors (Lipinski definition) is 0. The van der Waals surface area contributed by atoms with Gasteiger partial charge in [0, 0.05) is 10.9 Å². The van der Waals surface area contributed by atoms with Gasteiger partial charge in [0.15, 0.2) is 11.4 Å². The van der Waals surface area contributed by atoms with Gasteiger partial charge in [-0.05, 0) is 17.7 Å². The highest BCUT2D eigenvalue weighted by Crippen LogP contribution is 2.34. The van der Waals surface area contributed by atoms with E-state index in [1.54, 1.807) is 0 Å². The Balaban J connectivity index is 3.45. The lowest BCUT2D eigenvalue weighted by molar-refractivity contribution is -0.275. The normalized spacial score (nSPS) is 11.8. The van der Waals surface area contributed by atoms with Gasteiger partial charge in [-0.25, -0.2) is 13.8 Å². The fourth-order valence-corrected chi connectivity index (χ4v) is 1.73. The van der Waals surface area contributed by atoms with E-state index in [2.05, 4.69) is 25.7 Å². The van der Waals surface area contributed by atoms with Crippen molar-refractivity contribution in [1.29, 1.82) is 0 Å². The first-order valence-electron chi connectivity index (χ1n) is 4.49. The summed E-state index contributed by atoms with van der Waals surface area (Å²) >= 11 is 7.84. The van der Waals surface area contributed by atoms with Gasteiger partial charge in [0.2, 0.25) is 0 Å². The first-order valence-corrected chi connectivity index (χ1v) is 5.99. The van der Waals surface area contributed by atoms with E-state index in [1.165, 1.54) is 0 Å². The van der Waals surface area contributed by atoms with Crippen molar-refractivity contribution in [3.8, 4) is 5.75 Å². The zero-order chi connectivity index (χ0) is 14.8. The van der Waals surface area contributed by atoms with Crippen molar-refractivity contribution in [2.75, 3.05) is 0 Å². The van der Waals surface area contributed by atoms with Crippen LogP contribution >= 0.6 is 27.5 Å². The van der Waals surface area contributed by atoms with Gasteiger partial charge < -0.3 is 4.74 Å². The third kappa shape index (κ3) is 4.27. The summed E-state index contributed by atoms with van der Waals surface area (Å²) in [7, 11) is 0. The van der Waals surface area contributed by atoms with Gasteiger partial charge >= 0.3 is 6.36 Å². The highest BCUT2D eigenvalue weighted by Gasteiger charge is 2.35. The molecule has 0 aliphatic carbocycles. The highest BCUT2D eigenvalue weighted by molar-refractivity contribution is 9.08. The maximum atomic E-state index is 12.5. The molecule has 19 heavy (non-hydrogen) atoms. The topological polar surface area (TPSA) is 39.2 Å². The number of carbonyl (C=O) groups is 1. The van der Waals surface area contributed by atoms with Crippen LogP contribution in [0.5, 0.6) is 5.75 Å². The minimum atomic E-state index is -5.11. The molecule has 0 radical (unpaired) electrons. The first-order chi connectivity index (χ1) is 8.65. The van der Waals surface area contributed by atoms with Crippen LogP contribution in [0, 0.1) is 0 Å². The van der Waals surface area contributed by atoms with Crippen molar-refractivity contribution in [3.05, 3.63) is 23.0 Å². The fourth-order valence-electron chi connectivity index (χ4n) is 1.18. The van der Waals surface area contributed by atoms with Crippen LogP contribution in [-0.2, 0) is 5.33 Å². The standard InChI is InChI=1S/C9H4BrClF5NO2/c10-2-3-1-4(8(12)13)17-5(7(11)18)6(3)19-9(14,15)16/h1,8H,2H2. The average molecular weight is 368 g/mol. The van der Waals surface area contributed by atoms with E-state index in [4.69, 9.17) is 11.6 Å². The Morgan fingerprint density at radius 1 is 1.47 bits per heavy atom. The molecule has 0 saturated heterocycles. The van der Waals surface area contributed by atoms with Crippen molar-refractivity contribution in [3.63, 3.8) is 0 Å². The second kappa shape index (κ2) is 6.00. The number of carbonyl (C=O) groups excluding carboxylic acids is 1. The van der Waals surface area contributed by atoms with Gasteiger partial charge in [-0.15, -0.1) is 13.2 Å². The molecule has 1 rings (SSSR count). The van der Waals surface area contributed by atoms with Crippen molar-refractivity contribution in [2.24, 2.45) is 0 Å². The molecule has 0 fully saturated rings. The summed E-state index contributed by atoms with van der Waals surface area (Å²) in [6, 6.07) is 0.698. The number of hydrogen-bond acceptors (Lipinski definition) is 3. The molecule has 0 bridgehead atoms. The Morgan fingerprint density at radius 2 is 2.05 bits per heavy atom. The van der Waals surface area contributed by atoms with Crippen LogP contribution in [0.25, 0.3) is 0 Å². The second-order valence-corrected chi connectivity index (χ2v) is 4.04. The lowest BCUT2D eigenvalue weighted by Crippen LogP contribution is -2.20. The van der Waals surface area contributed by atoms with Crippen molar-refractivity contribution in [1.82, 2.24) is 4.98 Å². The van der Waals surface area contributed by atoms with Crippen molar-refractivity contribution in [2.45, 2.75) is 18.1 Å². The van der Waals surface area contributed by atoms with E-state index >= 15 is 0 Å². The summed E-state index contributed by atoms with van der Waals surface area (Å²) in [6.07, 6.45) is -8.17. The minimum absolute atomic E-state index is 0.252. The largest absolute Gasteiger partial charge is 0.573 e. The van der Waals surface area contributed by atoms with Crippen LogP contribution < -0.4 is 4.74 Å². The molecule has 3 nitrogen and oxygen atoms in total. The van der Waals surface area contributed by atoms with Gasteiger partial charge in [0.1, 0.15) is 5.69 Å². The van der Waals surface area contributed by atoms with Crippen LogP contribution in [0.4, 0.5) is 22.0 Å². The minimum Gasteiger partial charge on any atom is -0.403 e. The van der Waals surface area contributed by atoms with E-state index in [0.29, 0.717) is 6.07 Å². The van der Waals surface area contributed by atoms with E-state index in [0.717, 1.165) is 0 Å². The van der Waals surface area contributed by atoms with Crippen molar-refractivity contribution >= 4 is 32.8 Å². The summed E-state index contributed by atoms with van der Waals surface area (Å²) in [4.78, 5) is 14.1. The van der Waals surface area contributed by atoms with Gasteiger partial charge in [-0.3, -0.25) is 4.79 Å². The molecule has 1 aromatic heterocycles. The molecule has 0 N–H and O–H groups in total. The molecule has 0 aliphatic heterocycles. The van der Waals surface area contributed by atoms with Crippen LogP contribution in [-0.4, -0.2) is 16.6 Å². The number of halogens is 7. The lowest BCUT2D eigenvalue weighted by atomic mass is 10.2. The Kier molecular flexibility index (Phi) is 5.08. The first kappa shape index (κ1) is 16.1. The van der Waals surface area contributed by atoms with E-state index in [1.807, 2.05) is 0 Å². The number of aromatic nitrogens is 1. The monoisotopic (exact) mass is 367 g/mol. The maximum Gasteiger partial charge on any atom is 0.573 e. The molecule has 0 spiro atoms. The Labute approximate surface area is 116 Å². The SMILES string of the molecule is O=C(Cl)c1nc(C(F)F)cc(CBr)c1OC(F)(F)F. The molecule has 0 aliphatic rings. The number of alkyl halides is 6. The van der Waals surface area contributed by atoms with Gasteiger partial charge in [0.25, 0.3) is 11.7 Å². The zero-order valence-corrected chi connectivity index (χ0v) is 11.1. The van der Waals surface area contributed by atoms with Gasteiger partial charge in [-0.1, -0.05) is 15.9 Å². The average Bonchev–Trinajstić information content (AvgIpc) is 2.26. The lowest BCUT2D eigenvalue weighted by Gasteiger charge is -2.15. The smallest absolute Gasteiger partial charge is 0.403 e. The molecule has 0 unspecified atom stereocenters. The van der Waals surface area contributed by atoms with Crippen molar-refractivity contribution < 1.29 is 31.5 Å². The van der Waals surface area contributed by atoms with E-state index in [-0.39, 0.29) is 10.9 Å². The molecule has 10 heteroatoms. The Bertz CT molecular complexity index is 494. The Hall–Kier alpha value is -0.960. The van der Waals surface area contributed by atoms with Crippen LogP contribution in [0.1, 0.15) is 28.2 Å². The molecule has 0 atom stereocenters. The molecule has 0 saturated carbocycles. The predicted molar refractivity (Wildman–Crippen MR) is 58.7 cm³/mol. The summed E-state index contributed by atoms with van der Waals surface area (Å²) < 4.78 is 65.2. The van der Waals surface area contributed by atoms with Gasteiger partial charge in [-0.2, -0.15) is 0 Å². The third-order valence-electron chi connectivity index (χ3n) is 1.84. The van der Waals surface area contributed by atoms with E-state index in [9.17, 15) is 26.7 Å². The number of nitrogens with zero attached hydrogens (tertiary/aromatic N) is 1. The highest BCUT2D eigenvalue weighted by atomic mass is 79.9. The molecular weight excluding hydrogens is 364 g/mol. The van der Waals surface area contributed by atoms with Crippen LogP contribution in [0.3, 0.4) is 0 Å². The molecule has 0 amide bonds. The molecule has 1 aromatic rings. The zero-order valence-electron chi connectivity index (χ0n) is 8.77. The summed E-state index contributed by atoms with van der Waals surface area (Å²) in [5, 5.41) is -1.68. The number of pyridine rings is 1. The molecule has 0 aromatic carbocycles.